The molecule has 0 bridgehead atoms. The van der Waals surface area contributed by atoms with Gasteiger partial charge in [0.15, 0.2) is 0 Å². The number of hydrogen-bond acceptors (Lipinski definition) is 2. The highest BCUT2D eigenvalue weighted by Gasteiger charge is 2.11. The molecule has 3 nitrogen and oxygen atoms in total. The lowest BCUT2D eigenvalue weighted by molar-refractivity contribution is 0.734. The van der Waals surface area contributed by atoms with Gasteiger partial charge in [-0.15, -0.1) is 0 Å². The molecule has 18 heavy (non-hydrogen) atoms. The third-order valence-corrected chi connectivity index (χ3v) is 3.78. The Kier molecular flexibility index (Phi) is 3.41. The number of imidazole rings is 1. The first-order valence-electron chi connectivity index (χ1n) is 6.43. The summed E-state index contributed by atoms with van der Waals surface area (Å²) in [6, 6.07) is 8.65. The summed E-state index contributed by atoms with van der Waals surface area (Å²) < 4.78 is 1.91. The normalized spacial score (nSPS) is 12.7. The number of rotatable bonds is 3. The Hall–Kier alpha value is -1.77. The van der Waals surface area contributed by atoms with Gasteiger partial charge in [-0.1, -0.05) is 38.1 Å². The fraction of sp³-hybridized carbons (Fsp3) is 0.400. The molecule has 0 amide bonds. The summed E-state index contributed by atoms with van der Waals surface area (Å²) in [5.41, 5.74) is 10.4. The van der Waals surface area contributed by atoms with E-state index < -0.39 is 0 Å². The van der Waals surface area contributed by atoms with E-state index in [1.165, 1.54) is 5.56 Å². The quantitative estimate of drug-likeness (QED) is 0.896. The summed E-state index contributed by atoms with van der Waals surface area (Å²) in [6.45, 7) is 6.50. The molecule has 1 aromatic heterocycles. The third-order valence-electron chi connectivity index (χ3n) is 3.78. The average Bonchev–Trinajstić information content (AvgIpc) is 2.66. The molecule has 2 aromatic rings. The van der Waals surface area contributed by atoms with Gasteiger partial charge in [0.2, 0.25) is 5.95 Å². The minimum atomic E-state index is 0.563. The van der Waals surface area contributed by atoms with Crippen LogP contribution in [0.3, 0.4) is 0 Å². The number of nitrogens with zero attached hydrogens (tertiary/aromatic N) is 2. The zero-order valence-corrected chi connectivity index (χ0v) is 11.6. The summed E-state index contributed by atoms with van der Waals surface area (Å²) in [6.07, 6.45) is 1.16. The fourth-order valence-electron chi connectivity index (χ4n) is 2.08. The van der Waals surface area contributed by atoms with Gasteiger partial charge in [0.05, 0.1) is 5.69 Å². The van der Waals surface area contributed by atoms with Crippen molar-refractivity contribution in [2.75, 3.05) is 5.73 Å². The van der Waals surface area contributed by atoms with Gasteiger partial charge in [-0.05, 0) is 24.8 Å². The van der Waals surface area contributed by atoms with E-state index in [4.69, 9.17) is 5.73 Å². The van der Waals surface area contributed by atoms with Crippen LogP contribution in [0.5, 0.6) is 0 Å². The van der Waals surface area contributed by atoms with Crippen LogP contribution >= 0.6 is 0 Å². The number of benzene rings is 1. The fourth-order valence-corrected chi connectivity index (χ4v) is 2.08. The van der Waals surface area contributed by atoms with Crippen molar-refractivity contribution in [1.29, 1.82) is 0 Å². The number of nitrogens with two attached hydrogens (primary N) is 1. The molecule has 1 aromatic carbocycles. The molecule has 0 aliphatic rings. The molecular weight excluding hydrogens is 222 g/mol. The first kappa shape index (κ1) is 12.7. The van der Waals surface area contributed by atoms with Crippen molar-refractivity contribution in [2.24, 2.45) is 7.05 Å². The summed E-state index contributed by atoms with van der Waals surface area (Å²) in [5.74, 6) is 1.17. The maximum atomic E-state index is 5.83. The van der Waals surface area contributed by atoms with Gasteiger partial charge in [-0.3, -0.25) is 0 Å². The molecule has 1 unspecified atom stereocenters. The molecule has 96 valence electrons. The number of aromatic nitrogens is 2. The van der Waals surface area contributed by atoms with Crippen LogP contribution in [0.25, 0.3) is 11.3 Å². The molecule has 1 atom stereocenters. The van der Waals surface area contributed by atoms with Crippen LogP contribution in [0.15, 0.2) is 24.3 Å². The monoisotopic (exact) mass is 243 g/mol. The van der Waals surface area contributed by atoms with Crippen LogP contribution in [0.1, 0.15) is 37.4 Å². The highest BCUT2D eigenvalue weighted by Crippen LogP contribution is 2.26. The second kappa shape index (κ2) is 4.84. The number of nitrogen functional groups attached to an aromatic ring is 1. The van der Waals surface area contributed by atoms with E-state index in [1.54, 1.807) is 0 Å². The Labute approximate surface area is 109 Å². The molecule has 0 fully saturated rings. The molecule has 0 aliphatic heterocycles. The van der Waals surface area contributed by atoms with Crippen LogP contribution in [0.2, 0.25) is 0 Å². The van der Waals surface area contributed by atoms with Crippen molar-refractivity contribution >= 4 is 5.95 Å². The predicted octanol–water partition coefficient (Wildman–Crippen LogP) is 3.49. The van der Waals surface area contributed by atoms with E-state index in [1.807, 2.05) is 18.5 Å². The number of anilines is 1. The van der Waals surface area contributed by atoms with E-state index in [0.717, 1.165) is 23.4 Å². The standard InChI is InChI=1S/C15H21N3/c1-5-10(2)12-6-8-13(9-7-12)14-11(3)18(4)15(16)17-14/h6-10H,5H2,1-4H3,(H2,16,17). The lowest BCUT2D eigenvalue weighted by Crippen LogP contribution is -1.97. The summed E-state index contributed by atoms with van der Waals surface area (Å²) in [7, 11) is 1.94. The van der Waals surface area contributed by atoms with Crippen LogP contribution < -0.4 is 5.73 Å². The molecule has 0 aliphatic carbocycles. The van der Waals surface area contributed by atoms with Crippen molar-refractivity contribution in [3.8, 4) is 11.3 Å². The first-order valence-corrected chi connectivity index (χ1v) is 6.43. The van der Waals surface area contributed by atoms with E-state index in [0.29, 0.717) is 11.9 Å². The van der Waals surface area contributed by atoms with Crippen LogP contribution in [0, 0.1) is 6.92 Å². The zero-order valence-electron chi connectivity index (χ0n) is 11.6. The highest BCUT2D eigenvalue weighted by molar-refractivity contribution is 5.64. The van der Waals surface area contributed by atoms with Crippen molar-refractivity contribution in [3.63, 3.8) is 0 Å². The van der Waals surface area contributed by atoms with E-state index >= 15 is 0 Å². The van der Waals surface area contributed by atoms with Gasteiger partial charge >= 0.3 is 0 Å². The molecule has 1 heterocycles. The summed E-state index contributed by atoms with van der Waals surface area (Å²) >= 11 is 0. The third kappa shape index (κ3) is 2.13. The molecule has 0 saturated heterocycles. The average molecular weight is 243 g/mol. The van der Waals surface area contributed by atoms with Gasteiger partial charge in [-0.25, -0.2) is 4.98 Å². The zero-order chi connectivity index (χ0) is 13.3. The lowest BCUT2D eigenvalue weighted by atomic mass is 9.97. The summed E-state index contributed by atoms with van der Waals surface area (Å²) in [5, 5.41) is 0. The molecular formula is C15H21N3. The second-order valence-corrected chi connectivity index (χ2v) is 4.89. The lowest BCUT2D eigenvalue weighted by Gasteiger charge is -2.09. The van der Waals surface area contributed by atoms with Gasteiger partial charge in [0, 0.05) is 18.3 Å². The minimum absolute atomic E-state index is 0.563. The maximum absolute atomic E-state index is 5.83. The number of hydrogen-bond donors (Lipinski definition) is 1. The Morgan fingerprint density at radius 3 is 2.33 bits per heavy atom. The predicted molar refractivity (Wildman–Crippen MR) is 76.5 cm³/mol. The molecule has 0 saturated carbocycles. The van der Waals surface area contributed by atoms with Crippen molar-refractivity contribution < 1.29 is 0 Å². The van der Waals surface area contributed by atoms with Gasteiger partial charge in [0.25, 0.3) is 0 Å². The SMILES string of the molecule is CCC(C)c1ccc(-c2nc(N)n(C)c2C)cc1. The van der Waals surface area contributed by atoms with Crippen LogP contribution in [-0.4, -0.2) is 9.55 Å². The molecule has 0 spiro atoms. The maximum Gasteiger partial charge on any atom is 0.200 e. The minimum Gasteiger partial charge on any atom is -0.369 e. The van der Waals surface area contributed by atoms with Crippen molar-refractivity contribution in [1.82, 2.24) is 9.55 Å². The Morgan fingerprint density at radius 2 is 1.89 bits per heavy atom. The van der Waals surface area contributed by atoms with E-state index in [2.05, 4.69) is 43.1 Å². The highest BCUT2D eigenvalue weighted by atomic mass is 15.1. The summed E-state index contributed by atoms with van der Waals surface area (Å²) in [4.78, 5) is 4.42. The van der Waals surface area contributed by atoms with E-state index in [9.17, 15) is 0 Å². The largest absolute Gasteiger partial charge is 0.369 e. The van der Waals surface area contributed by atoms with Crippen LogP contribution in [0.4, 0.5) is 5.95 Å². The Bertz CT molecular complexity index is 538. The van der Waals surface area contributed by atoms with E-state index in [-0.39, 0.29) is 0 Å². The topological polar surface area (TPSA) is 43.8 Å². The molecule has 2 N–H and O–H groups in total. The first-order chi connectivity index (χ1) is 8.54. The smallest absolute Gasteiger partial charge is 0.200 e. The van der Waals surface area contributed by atoms with Crippen LogP contribution in [-0.2, 0) is 7.05 Å². The van der Waals surface area contributed by atoms with Gasteiger partial charge in [0.1, 0.15) is 0 Å². The Balaban J connectivity index is 2.37. The van der Waals surface area contributed by atoms with Crippen molar-refractivity contribution in [2.45, 2.75) is 33.1 Å². The van der Waals surface area contributed by atoms with Crippen molar-refractivity contribution in [3.05, 3.63) is 35.5 Å². The van der Waals surface area contributed by atoms with Gasteiger partial charge < -0.3 is 10.3 Å². The molecule has 3 heteroatoms. The Morgan fingerprint density at radius 1 is 1.28 bits per heavy atom. The second-order valence-electron chi connectivity index (χ2n) is 4.89. The molecule has 0 radical (unpaired) electrons. The molecule has 2 rings (SSSR count). The van der Waals surface area contributed by atoms with Gasteiger partial charge in [-0.2, -0.15) is 0 Å².